The van der Waals surface area contributed by atoms with Gasteiger partial charge in [0.1, 0.15) is 0 Å². The van der Waals surface area contributed by atoms with E-state index in [0.29, 0.717) is 0 Å². The summed E-state index contributed by atoms with van der Waals surface area (Å²) >= 11 is 0. The molecular weight excluding hydrogens is 460 g/mol. The molecule has 4 rings (SSSR count). The van der Waals surface area contributed by atoms with Gasteiger partial charge in [0.25, 0.3) is 0 Å². The van der Waals surface area contributed by atoms with E-state index in [-0.39, 0.29) is 26.4 Å². The van der Waals surface area contributed by atoms with Crippen LogP contribution in [-0.2, 0) is 9.30 Å². The van der Waals surface area contributed by atoms with E-state index in [9.17, 15) is 4.57 Å². The second kappa shape index (κ2) is 14.6. The first-order chi connectivity index (χ1) is 16.5. The van der Waals surface area contributed by atoms with Crippen LogP contribution in [0.2, 0.25) is 0 Å². The van der Waals surface area contributed by atoms with Gasteiger partial charge >= 0.3 is 18.9 Å². The van der Waals surface area contributed by atoms with Crippen molar-refractivity contribution < 1.29 is 28.2 Å². The van der Waals surface area contributed by atoms with Gasteiger partial charge in [-0.05, 0) is 27.0 Å². The van der Waals surface area contributed by atoms with E-state index >= 15 is 0 Å². The molecule has 176 valence electrons. The Kier molecular flexibility index (Phi) is 12.2. The molecule has 0 fully saturated rings. The van der Waals surface area contributed by atoms with Crippen molar-refractivity contribution in [2.45, 2.75) is 13.8 Å². The number of benzene rings is 4. The van der Waals surface area contributed by atoms with Crippen molar-refractivity contribution >= 4 is 48.2 Å². The summed E-state index contributed by atoms with van der Waals surface area (Å²) in [7, 11) is -3.07. The Morgan fingerprint density at radius 2 is 0.886 bits per heavy atom. The minimum Gasteiger partial charge on any atom is -0.382 e. The summed E-state index contributed by atoms with van der Waals surface area (Å²) in [6, 6.07) is 41.5. The van der Waals surface area contributed by atoms with Crippen molar-refractivity contribution in [3.05, 3.63) is 121 Å². The Bertz CT molecular complexity index is 1150. The maximum absolute atomic E-state index is 14.8. The monoisotopic (exact) mass is 494 g/mol. The SMILES string of the molecule is CCOCC.[BH3-]P(=CP(=O)(c1ccccc1)c1ccccc1)(c1ccccc1)c1ccccc1.[Li+]. The van der Waals surface area contributed by atoms with Crippen LogP contribution < -0.4 is 40.1 Å². The predicted octanol–water partition coefficient (Wildman–Crippen LogP) is 1.76. The van der Waals surface area contributed by atoms with Gasteiger partial charge in [0, 0.05) is 23.8 Å². The number of hydrogen-bond donors (Lipinski definition) is 0. The standard InChI is InChI=1S/C25H24BOP2.C4H10O.Li/c26-28(22-13-5-1-6-14-22,23-15-7-2-8-16-23)21-29(27,24-17-9-3-10-18-24)25-19-11-4-12-20-25;1-3-5-4-2;/h1-21H,26H3;3-4H2,1-2H3;/q-1;;+1. The Labute approximate surface area is 224 Å². The molecule has 4 aromatic rings. The zero-order valence-electron chi connectivity index (χ0n) is 20.2. The molecule has 0 aromatic heterocycles. The van der Waals surface area contributed by atoms with Crippen molar-refractivity contribution in [1.29, 1.82) is 0 Å². The van der Waals surface area contributed by atoms with Crippen LogP contribution in [0.5, 0.6) is 0 Å². The fourth-order valence-corrected chi connectivity index (χ4v) is 9.65. The molecule has 0 atom stereocenters. The van der Waals surface area contributed by atoms with Crippen molar-refractivity contribution in [3.63, 3.8) is 0 Å². The van der Waals surface area contributed by atoms with Gasteiger partial charge in [0.05, 0.1) is 0 Å². The Morgan fingerprint density at radius 1 is 0.600 bits per heavy atom. The van der Waals surface area contributed by atoms with E-state index in [0.717, 1.165) is 23.8 Å². The third-order valence-corrected chi connectivity index (χ3v) is 11.1. The second-order valence-electron chi connectivity index (χ2n) is 7.27. The molecular formula is C29H34BLiO2P2. The van der Waals surface area contributed by atoms with Crippen LogP contribution in [0.15, 0.2) is 121 Å². The smallest absolute Gasteiger partial charge is 0.382 e. The van der Waals surface area contributed by atoms with Gasteiger partial charge in [0.2, 0.25) is 0 Å². The van der Waals surface area contributed by atoms with E-state index in [2.05, 4.69) is 66.2 Å². The molecule has 0 amide bonds. The van der Waals surface area contributed by atoms with Crippen molar-refractivity contribution in [3.8, 4) is 0 Å². The van der Waals surface area contributed by atoms with Crippen molar-refractivity contribution in [2.75, 3.05) is 13.2 Å². The van der Waals surface area contributed by atoms with Gasteiger partial charge in [-0.15, -0.1) is 0 Å². The summed E-state index contributed by atoms with van der Waals surface area (Å²) in [4.78, 5) is 0. The quantitative estimate of drug-likeness (QED) is 0.289. The normalized spacial score (nSPS) is 10.9. The van der Waals surface area contributed by atoms with Crippen LogP contribution in [0, 0.1) is 0 Å². The average Bonchev–Trinajstić information content (AvgIpc) is 2.91. The third kappa shape index (κ3) is 7.51. The fourth-order valence-electron chi connectivity index (χ4n) is 3.41. The summed E-state index contributed by atoms with van der Waals surface area (Å²) in [5, 5.41) is 4.53. The fraction of sp³-hybridized carbons (Fsp3) is 0.138. The molecule has 0 heterocycles. The molecule has 0 saturated carbocycles. The first kappa shape index (κ1) is 29.3. The summed E-state index contributed by atoms with van der Waals surface area (Å²) in [5.41, 5.74) is 2.30. The first-order valence-corrected chi connectivity index (χ1v) is 14.4. The van der Waals surface area contributed by atoms with Crippen LogP contribution >= 0.6 is 13.9 Å². The van der Waals surface area contributed by atoms with Gasteiger partial charge in [0.15, 0.2) is 7.14 Å². The summed E-state index contributed by atoms with van der Waals surface area (Å²) in [6.07, 6.45) is 0. The van der Waals surface area contributed by atoms with E-state index < -0.39 is 13.9 Å². The summed E-state index contributed by atoms with van der Waals surface area (Å²) in [5.74, 6) is 0. The molecule has 0 aliphatic rings. The van der Waals surface area contributed by atoms with Crippen LogP contribution in [0.25, 0.3) is 0 Å². The first-order valence-electron chi connectivity index (χ1n) is 11.2. The van der Waals surface area contributed by atoms with E-state index in [1.54, 1.807) is 0 Å². The second-order valence-corrected chi connectivity index (χ2v) is 12.3. The molecule has 0 N–H and O–H groups in total. The topological polar surface area (TPSA) is 26.3 Å². The molecule has 0 radical (unpaired) electrons. The minimum atomic E-state index is -2.89. The number of ether oxygens (including phenoxy) is 1. The Hall–Kier alpha value is -1.97. The minimum absolute atomic E-state index is 0. The largest absolute Gasteiger partial charge is 1.00 e. The van der Waals surface area contributed by atoms with Crippen LogP contribution in [0.4, 0.5) is 0 Å². The van der Waals surface area contributed by atoms with Gasteiger partial charge in [-0.25, -0.2) is 0 Å². The molecule has 35 heavy (non-hydrogen) atoms. The van der Waals surface area contributed by atoms with Gasteiger partial charge in [-0.1, -0.05) is 132 Å². The van der Waals surface area contributed by atoms with Gasteiger partial charge in [-0.2, -0.15) is 6.76 Å². The average molecular weight is 494 g/mol. The molecule has 0 aliphatic heterocycles. The molecule has 0 unspecified atom stereocenters. The molecule has 0 aliphatic carbocycles. The van der Waals surface area contributed by atoms with E-state index in [1.807, 2.05) is 74.5 Å². The van der Waals surface area contributed by atoms with Crippen LogP contribution in [0.3, 0.4) is 0 Å². The molecule has 4 aromatic carbocycles. The molecule has 0 saturated heterocycles. The summed E-state index contributed by atoms with van der Waals surface area (Å²) < 4.78 is 19.6. The maximum atomic E-state index is 14.8. The van der Waals surface area contributed by atoms with Gasteiger partial charge in [-0.3, -0.25) is 0 Å². The van der Waals surface area contributed by atoms with Crippen molar-refractivity contribution in [2.24, 2.45) is 0 Å². The number of hydrogen-bond acceptors (Lipinski definition) is 2. The summed E-state index contributed by atoms with van der Waals surface area (Å²) in [6.45, 7) is 3.90. The van der Waals surface area contributed by atoms with E-state index in [4.69, 9.17) is 4.74 Å². The van der Waals surface area contributed by atoms with Crippen molar-refractivity contribution in [1.82, 2.24) is 0 Å². The Morgan fingerprint density at radius 3 is 1.14 bits per heavy atom. The molecule has 6 heteroatoms. The molecule has 2 nitrogen and oxygen atoms in total. The maximum Gasteiger partial charge on any atom is 1.00 e. The zero-order valence-corrected chi connectivity index (χ0v) is 22.0. The zero-order chi connectivity index (χ0) is 24.3. The van der Waals surface area contributed by atoms with E-state index in [1.165, 1.54) is 10.6 Å². The Balaban J connectivity index is 0.000000656. The third-order valence-electron chi connectivity index (χ3n) is 5.03. The number of rotatable bonds is 7. The predicted molar refractivity (Wildman–Crippen MR) is 157 cm³/mol. The van der Waals surface area contributed by atoms with Crippen LogP contribution in [-0.4, -0.2) is 26.3 Å². The van der Waals surface area contributed by atoms with Crippen LogP contribution in [0.1, 0.15) is 13.8 Å². The molecule has 0 spiro atoms. The molecule has 0 bridgehead atoms. The van der Waals surface area contributed by atoms with Gasteiger partial charge < -0.3 is 9.30 Å².